The van der Waals surface area contributed by atoms with Gasteiger partial charge >= 0.3 is 0 Å². The van der Waals surface area contributed by atoms with Crippen molar-refractivity contribution in [1.82, 2.24) is 4.90 Å². The minimum atomic E-state index is -3.59. The maximum Gasteiger partial charge on any atom is 0.255 e. The molecule has 0 saturated carbocycles. The lowest BCUT2D eigenvalue weighted by atomic mass is 10.1. The van der Waals surface area contributed by atoms with E-state index >= 15 is 0 Å². The van der Waals surface area contributed by atoms with Gasteiger partial charge in [-0.25, -0.2) is 8.42 Å². The molecule has 154 valence electrons. The van der Waals surface area contributed by atoms with Crippen LogP contribution in [0.2, 0.25) is 5.02 Å². The molecule has 2 amide bonds. The molecule has 2 aromatic carbocycles. The van der Waals surface area contributed by atoms with Gasteiger partial charge in [0.05, 0.1) is 22.9 Å². The van der Waals surface area contributed by atoms with Crippen molar-refractivity contribution >= 4 is 50.7 Å². The third-order valence-electron chi connectivity index (χ3n) is 4.38. The van der Waals surface area contributed by atoms with Crippen LogP contribution in [0.5, 0.6) is 5.75 Å². The number of thioether (sulfide) groups is 1. The number of amides is 2. The van der Waals surface area contributed by atoms with Gasteiger partial charge in [-0.2, -0.15) is 0 Å². The molecular formula is C19H19ClN2O5S2. The first-order valence-corrected chi connectivity index (χ1v) is 12.0. The normalized spacial score (nSPS) is 16.5. The first kappa shape index (κ1) is 21.5. The molecule has 0 aromatic heterocycles. The number of methoxy groups -OCH3 is 1. The Labute approximate surface area is 178 Å². The summed E-state index contributed by atoms with van der Waals surface area (Å²) in [6.45, 7) is 0. The molecule has 1 aliphatic heterocycles. The van der Waals surface area contributed by atoms with Gasteiger partial charge in [-0.1, -0.05) is 11.6 Å². The van der Waals surface area contributed by atoms with Crippen molar-refractivity contribution in [3.05, 3.63) is 53.1 Å². The molecule has 0 bridgehead atoms. The van der Waals surface area contributed by atoms with Crippen molar-refractivity contribution < 1.29 is 22.7 Å². The van der Waals surface area contributed by atoms with Gasteiger partial charge in [-0.15, -0.1) is 11.8 Å². The van der Waals surface area contributed by atoms with Gasteiger partial charge in [-0.3, -0.25) is 9.59 Å². The zero-order valence-electron chi connectivity index (χ0n) is 15.7. The van der Waals surface area contributed by atoms with Crippen LogP contribution in [-0.2, 0) is 14.6 Å². The molecular weight excluding hydrogens is 436 g/mol. The van der Waals surface area contributed by atoms with Crippen molar-refractivity contribution in [2.24, 2.45) is 0 Å². The molecule has 0 spiro atoms. The van der Waals surface area contributed by atoms with Gasteiger partial charge in [-0.05, 0) is 42.5 Å². The summed E-state index contributed by atoms with van der Waals surface area (Å²) in [5, 5.41) is 2.85. The topological polar surface area (TPSA) is 92.8 Å². The fourth-order valence-corrected chi connectivity index (χ4v) is 5.30. The van der Waals surface area contributed by atoms with E-state index in [2.05, 4.69) is 5.32 Å². The molecule has 1 atom stereocenters. The number of sulfone groups is 1. The highest BCUT2D eigenvalue weighted by molar-refractivity contribution is 7.99. The third-order valence-corrected chi connectivity index (χ3v) is 6.97. The maximum atomic E-state index is 13.0. The summed E-state index contributed by atoms with van der Waals surface area (Å²) in [5.74, 6) is 0.703. The third kappa shape index (κ3) is 4.85. The van der Waals surface area contributed by atoms with Crippen LogP contribution >= 0.6 is 23.4 Å². The SMILES string of the molecule is COc1ccc(NC(=O)C2CSCN2C(=O)c2ccc(Cl)c(S(C)(=O)=O)c2)cc1. The highest BCUT2D eigenvalue weighted by atomic mass is 35.5. The minimum Gasteiger partial charge on any atom is -0.497 e. The van der Waals surface area contributed by atoms with Crippen LogP contribution in [0.1, 0.15) is 10.4 Å². The fourth-order valence-electron chi connectivity index (χ4n) is 2.85. The smallest absolute Gasteiger partial charge is 0.255 e. The molecule has 10 heteroatoms. The van der Waals surface area contributed by atoms with E-state index in [4.69, 9.17) is 16.3 Å². The maximum absolute atomic E-state index is 13.0. The average Bonchev–Trinajstić information content (AvgIpc) is 3.17. The Morgan fingerprint density at radius 1 is 1.21 bits per heavy atom. The number of nitrogens with one attached hydrogen (secondary N) is 1. The number of hydrogen-bond donors (Lipinski definition) is 1. The second-order valence-electron chi connectivity index (χ2n) is 6.43. The molecule has 1 aliphatic rings. The van der Waals surface area contributed by atoms with Gasteiger partial charge in [0.15, 0.2) is 9.84 Å². The number of ether oxygens (including phenoxy) is 1. The standard InChI is InChI=1S/C19H19ClN2O5S2/c1-27-14-6-4-13(5-7-14)21-18(23)16-10-28-11-22(16)19(24)12-3-8-15(20)17(9-12)29(2,25)26/h3-9,16H,10-11H2,1-2H3,(H,21,23). The molecule has 1 N–H and O–H groups in total. The molecule has 1 fully saturated rings. The molecule has 1 heterocycles. The zero-order chi connectivity index (χ0) is 21.2. The second kappa shape index (κ2) is 8.64. The number of carbonyl (C=O) groups excluding carboxylic acids is 2. The van der Waals surface area contributed by atoms with Crippen molar-refractivity contribution in [1.29, 1.82) is 0 Å². The van der Waals surface area contributed by atoms with Crippen LogP contribution < -0.4 is 10.1 Å². The molecule has 0 aliphatic carbocycles. The van der Waals surface area contributed by atoms with Gasteiger partial charge in [0.1, 0.15) is 11.8 Å². The quantitative estimate of drug-likeness (QED) is 0.746. The van der Waals surface area contributed by atoms with Crippen molar-refractivity contribution in [2.45, 2.75) is 10.9 Å². The monoisotopic (exact) mass is 454 g/mol. The summed E-state index contributed by atoms with van der Waals surface area (Å²) >= 11 is 7.41. The van der Waals surface area contributed by atoms with Gasteiger partial charge in [0.25, 0.3) is 5.91 Å². The van der Waals surface area contributed by atoms with Crippen molar-refractivity contribution in [3.8, 4) is 5.75 Å². The summed E-state index contributed by atoms with van der Waals surface area (Å²) in [4.78, 5) is 27.0. The van der Waals surface area contributed by atoms with Crippen LogP contribution in [0.4, 0.5) is 5.69 Å². The number of rotatable bonds is 5. The minimum absolute atomic E-state index is 0.0497. The van der Waals surface area contributed by atoms with E-state index in [9.17, 15) is 18.0 Å². The Balaban J connectivity index is 1.79. The first-order valence-electron chi connectivity index (χ1n) is 8.54. The molecule has 7 nitrogen and oxygen atoms in total. The largest absolute Gasteiger partial charge is 0.497 e. The lowest BCUT2D eigenvalue weighted by Gasteiger charge is -2.23. The molecule has 1 saturated heterocycles. The summed E-state index contributed by atoms with van der Waals surface area (Å²) < 4.78 is 28.9. The number of benzene rings is 2. The zero-order valence-corrected chi connectivity index (χ0v) is 18.1. The number of halogens is 1. The summed E-state index contributed by atoms with van der Waals surface area (Å²) in [6, 6.07) is 10.3. The van der Waals surface area contributed by atoms with Crippen LogP contribution in [0.15, 0.2) is 47.4 Å². The van der Waals surface area contributed by atoms with E-state index in [-0.39, 0.29) is 21.4 Å². The van der Waals surface area contributed by atoms with Gasteiger partial charge in [0, 0.05) is 23.3 Å². The predicted molar refractivity (Wildman–Crippen MR) is 113 cm³/mol. The number of nitrogens with zero attached hydrogens (tertiary/aromatic N) is 1. The molecule has 3 rings (SSSR count). The lowest BCUT2D eigenvalue weighted by Crippen LogP contribution is -2.44. The van der Waals surface area contributed by atoms with E-state index in [0.717, 1.165) is 6.26 Å². The van der Waals surface area contributed by atoms with E-state index in [1.165, 1.54) is 34.9 Å². The average molecular weight is 455 g/mol. The number of hydrogen-bond acceptors (Lipinski definition) is 6. The Hall–Kier alpha value is -2.23. The highest BCUT2D eigenvalue weighted by Gasteiger charge is 2.35. The van der Waals surface area contributed by atoms with Crippen LogP contribution in [0.3, 0.4) is 0 Å². The molecule has 1 unspecified atom stereocenters. The summed E-state index contributed by atoms with van der Waals surface area (Å²) in [5.41, 5.74) is 0.755. The Kier molecular flexibility index (Phi) is 6.40. The fraction of sp³-hybridized carbons (Fsp3) is 0.263. The lowest BCUT2D eigenvalue weighted by molar-refractivity contribution is -0.119. The van der Waals surface area contributed by atoms with Gasteiger partial charge < -0.3 is 15.0 Å². The summed E-state index contributed by atoms with van der Waals surface area (Å²) in [7, 11) is -2.03. The van der Waals surface area contributed by atoms with Crippen molar-refractivity contribution in [3.63, 3.8) is 0 Å². The van der Waals surface area contributed by atoms with E-state index < -0.39 is 21.8 Å². The van der Waals surface area contributed by atoms with Crippen LogP contribution in [0.25, 0.3) is 0 Å². The number of anilines is 1. The first-order chi connectivity index (χ1) is 13.7. The van der Waals surface area contributed by atoms with E-state index in [0.29, 0.717) is 23.1 Å². The molecule has 2 aromatic rings. The van der Waals surface area contributed by atoms with Gasteiger partial charge in [0.2, 0.25) is 5.91 Å². The van der Waals surface area contributed by atoms with E-state index in [1.54, 1.807) is 31.4 Å². The number of carbonyl (C=O) groups is 2. The Morgan fingerprint density at radius 3 is 2.52 bits per heavy atom. The van der Waals surface area contributed by atoms with Crippen LogP contribution in [0, 0.1) is 0 Å². The summed E-state index contributed by atoms with van der Waals surface area (Å²) in [6.07, 6.45) is 1.03. The second-order valence-corrected chi connectivity index (χ2v) is 9.82. The predicted octanol–water partition coefficient (Wildman–Crippen LogP) is 2.91. The van der Waals surface area contributed by atoms with E-state index in [1.807, 2.05) is 0 Å². The van der Waals surface area contributed by atoms with Crippen molar-refractivity contribution in [2.75, 3.05) is 30.3 Å². The molecule has 0 radical (unpaired) electrons. The van der Waals surface area contributed by atoms with Crippen LogP contribution in [-0.4, -0.2) is 56.2 Å². The Bertz CT molecular complexity index is 1040. The highest BCUT2D eigenvalue weighted by Crippen LogP contribution is 2.28. The molecule has 29 heavy (non-hydrogen) atoms. The Morgan fingerprint density at radius 2 is 1.90 bits per heavy atom.